The third kappa shape index (κ3) is 2.47. The van der Waals surface area contributed by atoms with E-state index in [4.69, 9.17) is 4.98 Å². The average molecular weight is 367 g/mol. The zero-order valence-corrected chi connectivity index (χ0v) is 15.7. The molecule has 0 unspecified atom stereocenters. The van der Waals surface area contributed by atoms with Gasteiger partial charge in [-0.15, -0.1) is 21.5 Å². The molecule has 1 aliphatic carbocycles. The highest BCUT2D eigenvalue weighted by Gasteiger charge is 2.24. The van der Waals surface area contributed by atoms with E-state index in [1.807, 2.05) is 17.4 Å². The van der Waals surface area contributed by atoms with Crippen LogP contribution in [0.1, 0.15) is 35.2 Å². The zero-order valence-electron chi connectivity index (χ0n) is 14.0. The van der Waals surface area contributed by atoms with Gasteiger partial charge in [0.15, 0.2) is 10.8 Å². The van der Waals surface area contributed by atoms with E-state index in [2.05, 4.69) is 45.8 Å². The van der Waals surface area contributed by atoms with E-state index in [1.54, 1.807) is 11.8 Å². The van der Waals surface area contributed by atoms with Crippen LogP contribution in [0.3, 0.4) is 0 Å². The third-order valence-corrected chi connectivity index (χ3v) is 6.96. The van der Waals surface area contributed by atoms with Crippen molar-refractivity contribution >= 4 is 39.0 Å². The van der Waals surface area contributed by atoms with Gasteiger partial charge in [0.25, 0.3) is 0 Å². The lowest BCUT2D eigenvalue weighted by atomic mass is 10.2. The minimum atomic E-state index is 0.881. The van der Waals surface area contributed by atoms with Gasteiger partial charge in [-0.2, -0.15) is 0 Å². The molecule has 25 heavy (non-hydrogen) atoms. The van der Waals surface area contributed by atoms with Crippen molar-refractivity contribution in [3.63, 3.8) is 0 Å². The van der Waals surface area contributed by atoms with Gasteiger partial charge >= 0.3 is 0 Å². The Kier molecular flexibility index (Phi) is 3.75. The maximum absolute atomic E-state index is 4.96. The van der Waals surface area contributed by atoms with Gasteiger partial charge < -0.3 is 0 Å². The summed E-state index contributed by atoms with van der Waals surface area (Å²) < 4.78 is 2.18. The lowest BCUT2D eigenvalue weighted by Gasteiger charge is -2.06. The lowest BCUT2D eigenvalue weighted by molar-refractivity contribution is 0.828. The summed E-state index contributed by atoms with van der Waals surface area (Å²) in [6.45, 7) is 2.15. The first-order chi connectivity index (χ1) is 12.3. The van der Waals surface area contributed by atoms with Crippen LogP contribution < -0.4 is 0 Å². The number of hydrogen-bond acceptors (Lipinski definition) is 5. The molecule has 5 rings (SSSR count). The van der Waals surface area contributed by atoms with Gasteiger partial charge in [0.2, 0.25) is 0 Å². The first-order valence-corrected chi connectivity index (χ1v) is 10.5. The van der Waals surface area contributed by atoms with Gasteiger partial charge in [0.05, 0.1) is 5.39 Å². The highest BCUT2D eigenvalue weighted by molar-refractivity contribution is 7.98. The summed E-state index contributed by atoms with van der Waals surface area (Å²) in [6, 6.07) is 10.5. The summed E-state index contributed by atoms with van der Waals surface area (Å²) in [5.41, 5.74) is 3.76. The summed E-state index contributed by atoms with van der Waals surface area (Å²) in [6.07, 6.45) is 4.47. The minimum absolute atomic E-state index is 0.881. The van der Waals surface area contributed by atoms with Crippen molar-refractivity contribution in [2.45, 2.75) is 43.5 Å². The maximum atomic E-state index is 4.96. The van der Waals surface area contributed by atoms with Crippen LogP contribution in [0.15, 0.2) is 35.5 Å². The first kappa shape index (κ1) is 15.3. The van der Waals surface area contributed by atoms with E-state index in [1.165, 1.54) is 34.2 Å². The van der Waals surface area contributed by atoms with Crippen LogP contribution in [0, 0.1) is 0 Å². The van der Waals surface area contributed by atoms with Gasteiger partial charge in [-0.1, -0.05) is 49.0 Å². The topological polar surface area (TPSA) is 43.1 Å². The minimum Gasteiger partial charge on any atom is -0.257 e. The van der Waals surface area contributed by atoms with Crippen molar-refractivity contribution in [2.75, 3.05) is 0 Å². The van der Waals surface area contributed by atoms with Crippen LogP contribution in [0.5, 0.6) is 0 Å². The van der Waals surface area contributed by atoms with Crippen LogP contribution in [0.25, 0.3) is 15.9 Å². The second-order valence-corrected chi connectivity index (χ2v) is 8.36. The van der Waals surface area contributed by atoms with Crippen molar-refractivity contribution in [1.82, 2.24) is 19.6 Å². The number of nitrogens with zero attached hydrogens (tertiary/aromatic N) is 4. The van der Waals surface area contributed by atoms with Gasteiger partial charge in [0.1, 0.15) is 10.7 Å². The third-order valence-electron chi connectivity index (χ3n) is 4.78. The predicted octanol–water partition coefficient (Wildman–Crippen LogP) is 4.68. The number of hydrogen-bond donors (Lipinski definition) is 0. The molecule has 0 N–H and O–H groups in total. The molecule has 0 atom stereocenters. The van der Waals surface area contributed by atoms with Gasteiger partial charge in [-0.25, -0.2) is 4.98 Å². The molecule has 0 amide bonds. The summed E-state index contributed by atoms with van der Waals surface area (Å²) in [7, 11) is 0. The number of thiophene rings is 1. The van der Waals surface area contributed by atoms with Crippen molar-refractivity contribution < 1.29 is 0 Å². The van der Waals surface area contributed by atoms with Crippen LogP contribution >= 0.6 is 23.1 Å². The highest BCUT2D eigenvalue weighted by Crippen LogP contribution is 2.39. The number of benzene rings is 1. The number of rotatable bonds is 4. The number of fused-ring (bicyclic) bond motifs is 5. The Balaban J connectivity index is 1.64. The second-order valence-electron chi connectivity index (χ2n) is 6.33. The van der Waals surface area contributed by atoms with Crippen molar-refractivity contribution in [2.24, 2.45) is 0 Å². The Morgan fingerprint density at radius 1 is 1.16 bits per heavy atom. The molecular weight excluding hydrogens is 348 g/mol. The summed E-state index contributed by atoms with van der Waals surface area (Å²) in [5, 5.41) is 11.3. The molecule has 1 aliphatic rings. The largest absolute Gasteiger partial charge is 0.257 e. The fourth-order valence-electron chi connectivity index (χ4n) is 3.58. The van der Waals surface area contributed by atoms with E-state index in [0.29, 0.717) is 0 Å². The molecule has 0 saturated heterocycles. The van der Waals surface area contributed by atoms with Crippen molar-refractivity contribution in [3.8, 4) is 0 Å². The lowest BCUT2D eigenvalue weighted by Crippen LogP contribution is -2.01. The second kappa shape index (κ2) is 6.11. The van der Waals surface area contributed by atoms with Crippen LogP contribution in [-0.4, -0.2) is 19.6 Å². The Labute approximate surface area is 154 Å². The van der Waals surface area contributed by atoms with E-state index in [9.17, 15) is 0 Å². The Hall–Kier alpha value is -1.92. The Morgan fingerprint density at radius 2 is 2.04 bits per heavy atom. The normalized spacial score (nSPS) is 13.8. The standard InChI is InChI=1S/C19H18N4S2/c1-2-15-20-18-16(13-9-6-10-14(13)25-18)17-21-22-19(23(15)17)24-11-12-7-4-3-5-8-12/h3-5,7-8H,2,6,9-11H2,1H3. The molecule has 0 saturated carbocycles. The summed E-state index contributed by atoms with van der Waals surface area (Å²) >= 11 is 3.59. The summed E-state index contributed by atoms with van der Waals surface area (Å²) in [4.78, 5) is 7.60. The maximum Gasteiger partial charge on any atom is 0.197 e. The molecule has 0 spiro atoms. The Morgan fingerprint density at radius 3 is 2.88 bits per heavy atom. The zero-order chi connectivity index (χ0) is 16.8. The fourth-order valence-corrected chi connectivity index (χ4v) is 5.77. The average Bonchev–Trinajstić information content (AvgIpc) is 3.33. The molecule has 0 radical (unpaired) electrons. The predicted molar refractivity (Wildman–Crippen MR) is 104 cm³/mol. The van der Waals surface area contributed by atoms with Crippen LogP contribution in [-0.2, 0) is 25.0 Å². The van der Waals surface area contributed by atoms with Crippen molar-refractivity contribution in [3.05, 3.63) is 52.2 Å². The quantitative estimate of drug-likeness (QED) is 0.492. The first-order valence-electron chi connectivity index (χ1n) is 8.70. The summed E-state index contributed by atoms with van der Waals surface area (Å²) in [5.74, 6) is 1.95. The monoisotopic (exact) mass is 366 g/mol. The molecule has 0 bridgehead atoms. The molecule has 4 aromatic rings. The Bertz CT molecular complexity index is 1070. The van der Waals surface area contributed by atoms with Crippen LogP contribution in [0.2, 0.25) is 0 Å². The fraction of sp³-hybridized carbons (Fsp3) is 0.316. The molecule has 6 heteroatoms. The highest BCUT2D eigenvalue weighted by atomic mass is 32.2. The SMILES string of the molecule is CCc1nc2sc3c(c2c2nnc(SCc4ccccc4)n12)CCC3. The molecule has 3 aromatic heterocycles. The molecule has 0 fully saturated rings. The smallest absolute Gasteiger partial charge is 0.197 e. The van der Waals surface area contributed by atoms with E-state index < -0.39 is 0 Å². The molecule has 1 aromatic carbocycles. The number of thioether (sulfide) groups is 1. The van der Waals surface area contributed by atoms with Gasteiger partial charge in [-0.3, -0.25) is 4.40 Å². The molecule has 0 aliphatic heterocycles. The van der Waals surface area contributed by atoms with Gasteiger partial charge in [0, 0.05) is 17.1 Å². The molecular formula is C19H18N4S2. The van der Waals surface area contributed by atoms with E-state index in [0.717, 1.165) is 40.1 Å². The molecule has 126 valence electrons. The van der Waals surface area contributed by atoms with E-state index in [-0.39, 0.29) is 0 Å². The van der Waals surface area contributed by atoms with E-state index >= 15 is 0 Å². The van der Waals surface area contributed by atoms with Crippen molar-refractivity contribution in [1.29, 1.82) is 0 Å². The van der Waals surface area contributed by atoms with Gasteiger partial charge in [-0.05, 0) is 30.4 Å². The number of aryl methyl sites for hydroxylation is 3. The molecule has 4 nitrogen and oxygen atoms in total. The van der Waals surface area contributed by atoms with Crippen LogP contribution in [0.4, 0.5) is 0 Å². The molecule has 3 heterocycles. The number of aromatic nitrogens is 4.